The Kier molecular flexibility index (Phi) is 6.57. The van der Waals surface area contributed by atoms with Gasteiger partial charge in [-0.2, -0.15) is 17.0 Å². The third-order valence-corrected chi connectivity index (χ3v) is 3.84. The topological polar surface area (TPSA) is 33.0 Å². The van der Waals surface area contributed by atoms with Gasteiger partial charge in [0.1, 0.15) is 5.75 Å². The molecule has 1 aromatic rings. The van der Waals surface area contributed by atoms with Gasteiger partial charge < -0.3 is 4.74 Å². The summed E-state index contributed by atoms with van der Waals surface area (Å²) in [4.78, 5) is 0. The zero-order valence-electron chi connectivity index (χ0n) is 10.5. The highest BCUT2D eigenvalue weighted by molar-refractivity contribution is 7.99. The van der Waals surface area contributed by atoms with Crippen molar-refractivity contribution in [1.82, 2.24) is 0 Å². The van der Waals surface area contributed by atoms with Crippen LogP contribution in [0.2, 0.25) is 0 Å². The zero-order valence-corrected chi connectivity index (χ0v) is 11.3. The highest BCUT2D eigenvalue weighted by Gasteiger charge is 1.99. The summed E-state index contributed by atoms with van der Waals surface area (Å²) in [5.41, 5.74) is 0.670. The van der Waals surface area contributed by atoms with Gasteiger partial charge in [-0.25, -0.2) is 0 Å². The molecular weight excluding hydrogens is 230 g/mol. The summed E-state index contributed by atoms with van der Waals surface area (Å²) in [6.45, 7) is 5.22. The van der Waals surface area contributed by atoms with E-state index in [0.29, 0.717) is 5.56 Å². The maximum atomic E-state index is 8.66. The van der Waals surface area contributed by atoms with Crippen molar-refractivity contribution in [3.8, 4) is 11.8 Å². The van der Waals surface area contributed by atoms with E-state index in [-0.39, 0.29) is 0 Å². The van der Waals surface area contributed by atoms with Crippen molar-refractivity contribution in [2.24, 2.45) is 5.92 Å². The molecule has 0 fully saturated rings. The molecule has 0 radical (unpaired) electrons. The summed E-state index contributed by atoms with van der Waals surface area (Å²) in [5, 5.41) is 8.66. The van der Waals surface area contributed by atoms with Crippen LogP contribution < -0.4 is 4.74 Å². The first kappa shape index (κ1) is 13.9. The molecule has 0 amide bonds. The molecule has 0 spiro atoms. The second-order valence-corrected chi connectivity index (χ2v) is 5.22. The Balaban J connectivity index is 2.16. The Labute approximate surface area is 108 Å². The van der Waals surface area contributed by atoms with Gasteiger partial charge in [-0.1, -0.05) is 20.3 Å². The van der Waals surface area contributed by atoms with Crippen molar-refractivity contribution in [1.29, 1.82) is 5.26 Å². The van der Waals surface area contributed by atoms with Crippen LogP contribution in [-0.4, -0.2) is 18.1 Å². The third-order valence-electron chi connectivity index (χ3n) is 2.58. The van der Waals surface area contributed by atoms with Gasteiger partial charge in [0.25, 0.3) is 0 Å². The fourth-order valence-electron chi connectivity index (χ4n) is 1.25. The fraction of sp³-hybridized carbons (Fsp3) is 0.500. The number of nitrogens with zero attached hydrogens (tertiary/aromatic N) is 1. The molecule has 0 saturated heterocycles. The summed E-state index contributed by atoms with van der Waals surface area (Å²) in [7, 11) is 0. The molecule has 1 unspecified atom stereocenters. The van der Waals surface area contributed by atoms with Crippen LogP contribution in [0.15, 0.2) is 24.3 Å². The van der Waals surface area contributed by atoms with E-state index in [1.54, 1.807) is 12.1 Å². The monoisotopic (exact) mass is 249 g/mol. The van der Waals surface area contributed by atoms with Gasteiger partial charge in [-0.05, 0) is 35.9 Å². The first-order valence-corrected chi connectivity index (χ1v) is 7.12. The van der Waals surface area contributed by atoms with E-state index in [4.69, 9.17) is 10.00 Å². The predicted octanol–water partition coefficient (Wildman–Crippen LogP) is 3.72. The first-order valence-electron chi connectivity index (χ1n) is 5.97. The van der Waals surface area contributed by atoms with E-state index in [9.17, 15) is 0 Å². The summed E-state index contributed by atoms with van der Waals surface area (Å²) in [6, 6.07) is 9.34. The summed E-state index contributed by atoms with van der Waals surface area (Å²) < 4.78 is 5.59. The molecule has 0 saturated carbocycles. The molecule has 92 valence electrons. The van der Waals surface area contributed by atoms with E-state index in [2.05, 4.69) is 19.9 Å². The molecule has 3 heteroatoms. The lowest BCUT2D eigenvalue weighted by atomic mass is 10.2. The van der Waals surface area contributed by atoms with Gasteiger partial charge in [-0.3, -0.25) is 0 Å². The van der Waals surface area contributed by atoms with Crippen LogP contribution >= 0.6 is 11.8 Å². The molecule has 1 aromatic carbocycles. The van der Waals surface area contributed by atoms with E-state index in [0.717, 1.165) is 24.0 Å². The highest BCUT2D eigenvalue weighted by atomic mass is 32.2. The smallest absolute Gasteiger partial charge is 0.119 e. The van der Waals surface area contributed by atoms with Gasteiger partial charge in [0.2, 0.25) is 0 Å². The largest absolute Gasteiger partial charge is 0.493 e. The van der Waals surface area contributed by atoms with Crippen molar-refractivity contribution in [2.75, 3.05) is 18.1 Å². The van der Waals surface area contributed by atoms with Gasteiger partial charge in [-0.15, -0.1) is 0 Å². The van der Waals surface area contributed by atoms with Crippen LogP contribution in [0.25, 0.3) is 0 Å². The lowest BCUT2D eigenvalue weighted by molar-refractivity contribution is 0.344. The summed E-state index contributed by atoms with van der Waals surface area (Å²) in [5.74, 6) is 3.85. The molecule has 2 nitrogen and oxygen atoms in total. The number of rotatable bonds is 7. The fourth-order valence-corrected chi connectivity index (χ4v) is 2.25. The van der Waals surface area contributed by atoms with Crippen LogP contribution in [0.1, 0.15) is 25.8 Å². The number of benzene rings is 1. The quantitative estimate of drug-likeness (QED) is 0.690. The van der Waals surface area contributed by atoms with Crippen LogP contribution in [-0.2, 0) is 0 Å². The Bertz CT molecular complexity index is 355. The van der Waals surface area contributed by atoms with Crippen molar-refractivity contribution in [3.05, 3.63) is 29.8 Å². The molecule has 0 bridgehead atoms. The predicted molar refractivity (Wildman–Crippen MR) is 73.4 cm³/mol. The average Bonchev–Trinajstić information content (AvgIpc) is 2.38. The van der Waals surface area contributed by atoms with Gasteiger partial charge in [0.15, 0.2) is 0 Å². The number of ether oxygens (including phenoxy) is 1. The number of thioether (sulfide) groups is 1. The lowest BCUT2D eigenvalue weighted by Crippen LogP contribution is -2.03. The van der Waals surface area contributed by atoms with Gasteiger partial charge in [0, 0.05) is 5.75 Å². The number of hydrogen-bond acceptors (Lipinski definition) is 3. The minimum absolute atomic E-state index is 0.670. The second-order valence-electron chi connectivity index (χ2n) is 4.07. The van der Waals surface area contributed by atoms with Crippen LogP contribution in [0, 0.1) is 17.2 Å². The van der Waals surface area contributed by atoms with Crippen molar-refractivity contribution < 1.29 is 4.74 Å². The average molecular weight is 249 g/mol. The second kappa shape index (κ2) is 8.03. The maximum Gasteiger partial charge on any atom is 0.119 e. The first-order chi connectivity index (χ1) is 8.26. The third kappa shape index (κ3) is 5.65. The lowest BCUT2D eigenvalue weighted by Gasteiger charge is -2.08. The van der Waals surface area contributed by atoms with Crippen LogP contribution in [0.4, 0.5) is 0 Å². The highest BCUT2D eigenvalue weighted by Crippen LogP contribution is 2.14. The van der Waals surface area contributed by atoms with E-state index < -0.39 is 0 Å². The minimum atomic E-state index is 0.670. The maximum absolute atomic E-state index is 8.66. The molecule has 1 atom stereocenters. The molecular formula is C14H19NOS. The normalized spacial score (nSPS) is 11.8. The molecule has 0 N–H and O–H groups in total. The molecule has 0 aromatic heterocycles. The molecule has 0 aliphatic carbocycles. The molecule has 17 heavy (non-hydrogen) atoms. The van der Waals surface area contributed by atoms with Crippen LogP contribution in [0.3, 0.4) is 0 Å². The van der Waals surface area contributed by atoms with E-state index >= 15 is 0 Å². The Hall–Kier alpha value is -1.14. The molecule has 0 aliphatic heterocycles. The minimum Gasteiger partial charge on any atom is -0.493 e. The zero-order chi connectivity index (χ0) is 12.5. The molecule has 0 aliphatic rings. The standard InChI is InChI=1S/C14H19NOS/c1-3-12(2)11-17-9-8-16-14-6-4-13(10-15)5-7-14/h4-7,12H,3,8-9,11H2,1-2H3. The van der Waals surface area contributed by atoms with E-state index in [1.165, 1.54) is 12.2 Å². The van der Waals surface area contributed by atoms with Crippen molar-refractivity contribution in [3.63, 3.8) is 0 Å². The molecule has 0 heterocycles. The Morgan fingerprint density at radius 3 is 2.65 bits per heavy atom. The van der Waals surface area contributed by atoms with E-state index in [1.807, 2.05) is 23.9 Å². The number of nitriles is 1. The Morgan fingerprint density at radius 1 is 1.35 bits per heavy atom. The van der Waals surface area contributed by atoms with Crippen molar-refractivity contribution in [2.45, 2.75) is 20.3 Å². The SMILES string of the molecule is CCC(C)CSCCOc1ccc(C#N)cc1. The van der Waals surface area contributed by atoms with Gasteiger partial charge in [0.05, 0.1) is 18.2 Å². The molecule has 1 rings (SSSR count). The Morgan fingerprint density at radius 2 is 2.06 bits per heavy atom. The summed E-state index contributed by atoms with van der Waals surface area (Å²) in [6.07, 6.45) is 1.24. The van der Waals surface area contributed by atoms with Gasteiger partial charge >= 0.3 is 0 Å². The number of hydrogen-bond donors (Lipinski definition) is 0. The summed E-state index contributed by atoms with van der Waals surface area (Å²) >= 11 is 1.94. The van der Waals surface area contributed by atoms with Crippen molar-refractivity contribution >= 4 is 11.8 Å². The van der Waals surface area contributed by atoms with Crippen LogP contribution in [0.5, 0.6) is 5.75 Å².